The zero-order valence-electron chi connectivity index (χ0n) is 12.6. The van der Waals surface area contributed by atoms with Crippen LogP contribution in [0.4, 0.5) is 0 Å². The van der Waals surface area contributed by atoms with Gasteiger partial charge in [0.25, 0.3) is 0 Å². The molecule has 0 bridgehead atoms. The summed E-state index contributed by atoms with van der Waals surface area (Å²) in [6.45, 7) is 3.12. The first-order valence-corrected chi connectivity index (χ1v) is 8.71. The van der Waals surface area contributed by atoms with Gasteiger partial charge >= 0.3 is 0 Å². The topological polar surface area (TPSA) is 41.6 Å². The van der Waals surface area contributed by atoms with Crippen LogP contribution in [0.2, 0.25) is 0 Å². The number of ether oxygens (including phenoxy) is 1. The molecule has 2 fully saturated rings. The minimum Gasteiger partial charge on any atom is -0.384 e. The Balaban J connectivity index is 1.78. The summed E-state index contributed by atoms with van der Waals surface area (Å²) in [5, 5.41) is 7.59. The SMILES string of the molecule is COCC1(C(=O)N(Cc2ccsc2)C2CC2)CCNCC1. The average molecular weight is 308 g/mol. The highest BCUT2D eigenvalue weighted by Crippen LogP contribution is 2.37. The summed E-state index contributed by atoms with van der Waals surface area (Å²) in [5.74, 6) is 0.305. The van der Waals surface area contributed by atoms with Crippen LogP contribution in [-0.4, -0.2) is 43.7 Å². The molecule has 1 aliphatic heterocycles. The molecule has 0 radical (unpaired) electrons. The number of hydrogen-bond acceptors (Lipinski definition) is 4. The van der Waals surface area contributed by atoms with E-state index in [1.807, 2.05) is 0 Å². The maximum atomic E-state index is 13.2. The van der Waals surface area contributed by atoms with Gasteiger partial charge in [-0.1, -0.05) is 0 Å². The van der Waals surface area contributed by atoms with Gasteiger partial charge in [-0.3, -0.25) is 4.79 Å². The summed E-state index contributed by atoms with van der Waals surface area (Å²) in [6.07, 6.45) is 4.06. The summed E-state index contributed by atoms with van der Waals surface area (Å²) in [7, 11) is 1.71. The quantitative estimate of drug-likeness (QED) is 0.876. The first-order valence-electron chi connectivity index (χ1n) is 7.77. The molecule has 1 amide bonds. The third kappa shape index (κ3) is 3.30. The number of rotatable bonds is 6. The van der Waals surface area contributed by atoms with Crippen molar-refractivity contribution < 1.29 is 9.53 Å². The van der Waals surface area contributed by atoms with Gasteiger partial charge in [0.2, 0.25) is 5.91 Å². The van der Waals surface area contributed by atoms with Crippen molar-refractivity contribution in [2.45, 2.75) is 38.3 Å². The Labute approximate surface area is 130 Å². The predicted octanol–water partition coefficient (Wildman–Crippen LogP) is 2.26. The molecule has 2 heterocycles. The largest absolute Gasteiger partial charge is 0.384 e. The van der Waals surface area contributed by atoms with Gasteiger partial charge in [-0.05, 0) is 61.2 Å². The fourth-order valence-electron chi connectivity index (χ4n) is 3.24. The third-order valence-electron chi connectivity index (χ3n) is 4.62. The van der Waals surface area contributed by atoms with Crippen LogP contribution in [0.1, 0.15) is 31.2 Å². The lowest BCUT2D eigenvalue weighted by Gasteiger charge is -2.39. The van der Waals surface area contributed by atoms with E-state index < -0.39 is 0 Å². The molecule has 1 aromatic heterocycles. The fraction of sp³-hybridized carbons (Fsp3) is 0.688. The van der Waals surface area contributed by atoms with Crippen molar-refractivity contribution in [3.8, 4) is 0 Å². The van der Waals surface area contributed by atoms with E-state index in [4.69, 9.17) is 4.74 Å². The van der Waals surface area contributed by atoms with E-state index in [0.717, 1.165) is 45.3 Å². The van der Waals surface area contributed by atoms with Gasteiger partial charge in [0.05, 0.1) is 12.0 Å². The number of nitrogens with one attached hydrogen (secondary N) is 1. The number of carbonyl (C=O) groups excluding carboxylic acids is 1. The van der Waals surface area contributed by atoms with E-state index in [0.29, 0.717) is 18.6 Å². The molecular formula is C16H24N2O2S. The van der Waals surface area contributed by atoms with Gasteiger partial charge in [0, 0.05) is 19.7 Å². The molecule has 5 heteroatoms. The first kappa shape index (κ1) is 15.0. The number of piperidine rings is 1. The summed E-state index contributed by atoms with van der Waals surface area (Å²) in [5.41, 5.74) is 0.931. The fourth-order valence-corrected chi connectivity index (χ4v) is 3.90. The highest BCUT2D eigenvalue weighted by Gasteiger charge is 2.45. The number of hydrogen-bond donors (Lipinski definition) is 1. The molecule has 1 aromatic rings. The van der Waals surface area contributed by atoms with Crippen LogP contribution in [0.3, 0.4) is 0 Å². The normalized spacial score (nSPS) is 21.2. The molecule has 1 N–H and O–H groups in total. The van der Waals surface area contributed by atoms with Crippen molar-refractivity contribution in [1.29, 1.82) is 0 Å². The highest BCUT2D eigenvalue weighted by atomic mass is 32.1. The molecule has 4 nitrogen and oxygen atoms in total. The lowest BCUT2D eigenvalue weighted by Crippen LogP contribution is -2.52. The molecule has 0 atom stereocenters. The van der Waals surface area contributed by atoms with Crippen LogP contribution < -0.4 is 5.32 Å². The molecule has 116 valence electrons. The van der Waals surface area contributed by atoms with Crippen LogP contribution in [0.15, 0.2) is 16.8 Å². The lowest BCUT2D eigenvalue weighted by atomic mass is 9.78. The minimum absolute atomic E-state index is 0.305. The highest BCUT2D eigenvalue weighted by molar-refractivity contribution is 7.07. The van der Waals surface area contributed by atoms with Crippen molar-refractivity contribution in [2.75, 3.05) is 26.8 Å². The number of amides is 1. The van der Waals surface area contributed by atoms with Crippen molar-refractivity contribution in [3.63, 3.8) is 0 Å². The monoisotopic (exact) mass is 308 g/mol. The number of thiophene rings is 1. The standard InChI is InChI=1S/C16H24N2O2S/c1-20-12-16(5-7-17-8-6-16)15(19)18(14-2-3-14)10-13-4-9-21-11-13/h4,9,11,14,17H,2-3,5-8,10,12H2,1H3. The summed E-state index contributed by atoms with van der Waals surface area (Å²) in [4.78, 5) is 15.4. The van der Waals surface area contributed by atoms with Crippen molar-refractivity contribution in [3.05, 3.63) is 22.4 Å². The molecule has 0 aromatic carbocycles. The summed E-state index contributed by atoms with van der Waals surface area (Å²) >= 11 is 1.70. The maximum Gasteiger partial charge on any atom is 0.231 e. The van der Waals surface area contributed by atoms with E-state index in [2.05, 4.69) is 27.0 Å². The first-order chi connectivity index (χ1) is 10.2. The summed E-state index contributed by atoms with van der Waals surface area (Å²) < 4.78 is 5.42. The van der Waals surface area contributed by atoms with E-state index in [1.54, 1.807) is 18.4 Å². The maximum absolute atomic E-state index is 13.2. The van der Waals surface area contributed by atoms with Gasteiger partial charge in [0.15, 0.2) is 0 Å². The lowest BCUT2D eigenvalue weighted by molar-refractivity contribution is -0.149. The Morgan fingerprint density at radius 2 is 2.24 bits per heavy atom. The number of carbonyl (C=O) groups is 1. The van der Waals surface area contributed by atoms with Gasteiger partial charge < -0.3 is 15.0 Å². The van der Waals surface area contributed by atoms with Crippen LogP contribution >= 0.6 is 11.3 Å². The molecule has 2 aliphatic rings. The molecule has 1 saturated heterocycles. The van der Waals surface area contributed by atoms with Gasteiger partial charge in [-0.25, -0.2) is 0 Å². The second-order valence-electron chi connectivity index (χ2n) is 6.26. The van der Waals surface area contributed by atoms with Crippen molar-refractivity contribution >= 4 is 17.2 Å². The smallest absolute Gasteiger partial charge is 0.231 e. The van der Waals surface area contributed by atoms with E-state index in [-0.39, 0.29) is 5.41 Å². The number of nitrogens with zero attached hydrogens (tertiary/aromatic N) is 1. The molecular weight excluding hydrogens is 284 g/mol. The second-order valence-corrected chi connectivity index (χ2v) is 7.04. The minimum atomic E-state index is -0.321. The number of methoxy groups -OCH3 is 1. The Hall–Kier alpha value is -0.910. The molecule has 3 rings (SSSR count). The Morgan fingerprint density at radius 1 is 1.48 bits per heavy atom. The van der Waals surface area contributed by atoms with Crippen LogP contribution in [0.5, 0.6) is 0 Å². The Morgan fingerprint density at radius 3 is 2.81 bits per heavy atom. The molecule has 0 spiro atoms. The van der Waals surface area contributed by atoms with E-state index in [9.17, 15) is 4.79 Å². The summed E-state index contributed by atoms with van der Waals surface area (Å²) in [6, 6.07) is 2.57. The molecule has 1 aliphatic carbocycles. The Kier molecular flexibility index (Phi) is 4.62. The molecule has 0 unspecified atom stereocenters. The third-order valence-corrected chi connectivity index (χ3v) is 5.35. The van der Waals surface area contributed by atoms with E-state index >= 15 is 0 Å². The zero-order valence-corrected chi connectivity index (χ0v) is 13.5. The average Bonchev–Trinajstić information content (AvgIpc) is 3.22. The second kappa shape index (κ2) is 6.46. The van der Waals surface area contributed by atoms with Gasteiger partial charge in [0.1, 0.15) is 0 Å². The van der Waals surface area contributed by atoms with Crippen molar-refractivity contribution in [1.82, 2.24) is 10.2 Å². The van der Waals surface area contributed by atoms with Gasteiger partial charge in [-0.15, -0.1) is 0 Å². The molecule has 1 saturated carbocycles. The predicted molar refractivity (Wildman–Crippen MR) is 84.3 cm³/mol. The van der Waals surface area contributed by atoms with Crippen LogP contribution in [0, 0.1) is 5.41 Å². The zero-order chi connectivity index (χ0) is 14.7. The van der Waals surface area contributed by atoms with Gasteiger partial charge in [-0.2, -0.15) is 11.3 Å². The van der Waals surface area contributed by atoms with Crippen LogP contribution in [-0.2, 0) is 16.1 Å². The van der Waals surface area contributed by atoms with Crippen LogP contribution in [0.25, 0.3) is 0 Å². The van der Waals surface area contributed by atoms with E-state index in [1.165, 1.54) is 5.56 Å². The Bertz CT molecular complexity index is 459. The van der Waals surface area contributed by atoms with Crippen molar-refractivity contribution in [2.24, 2.45) is 5.41 Å². The molecule has 21 heavy (non-hydrogen) atoms.